The lowest BCUT2D eigenvalue weighted by atomic mass is 10.0. The summed E-state index contributed by atoms with van der Waals surface area (Å²) in [6.07, 6.45) is 1.51. The molecular weight excluding hydrogens is 238 g/mol. The second-order valence-electron chi connectivity index (χ2n) is 3.96. The molecule has 0 saturated heterocycles. The van der Waals surface area contributed by atoms with Crippen LogP contribution in [0.25, 0.3) is 6.08 Å². The van der Waals surface area contributed by atoms with Crippen LogP contribution in [0.3, 0.4) is 0 Å². The molecule has 92 valence electrons. The maximum Gasteiger partial charge on any atom is 0.203 e. The first-order valence-corrected chi connectivity index (χ1v) is 5.71. The first kappa shape index (κ1) is 12.6. The Balaban J connectivity index is 2.33. The molecule has 3 heteroatoms. The van der Waals surface area contributed by atoms with Gasteiger partial charge in [0.25, 0.3) is 0 Å². The number of ketones is 1. The molecule has 0 atom stereocenters. The van der Waals surface area contributed by atoms with Gasteiger partial charge in [0.1, 0.15) is 17.4 Å². The first-order chi connectivity index (χ1) is 9.20. The summed E-state index contributed by atoms with van der Waals surface area (Å²) in [6, 6.07) is 16.9. The van der Waals surface area contributed by atoms with Gasteiger partial charge >= 0.3 is 0 Å². The van der Waals surface area contributed by atoms with Gasteiger partial charge in [-0.3, -0.25) is 4.79 Å². The average Bonchev–Trinajstić information content (AvgIpc) is 2.47. The van der Waals surface area contributed by atoms with E-state index in [0.29, 0.717) is 11.1 Å². The third kappa shape index (κ3) is 3.08. The van der Waals surface area contributed by atoms with E-state index < -0.39 is 0 Å². The third-order valence-electron chi connectivity index (χ3n) is 2.61. The lowest BCUT2D eigenvalue weighted by Gasteiger charge is -1.99. The molecule has 0 radical (unpaired) electrons. The highest BCUT2D eigenvalue weighted by molar-refractivity contribution is 6.13. The Bertz CT molecular complexity index is 649. The summed E-state index contributed by atoms with van der Waals surface area (Å²) in [4.78, 5) is 12.1. The summed E-state index contributed by atoms with van der Waals surface area (Å²) in [5, 5.41) is 18.3. The smallest absolute Gasteiger partial charge is 0.203 e. The van der Waals surface area contributed by atoms with E-state index in [9.17, 15) is 9.90 Å². The Hall–Kier alpha value is -2.86. The van der Waals surface area contributed by atoms with Gasteiger partial charge in [0.2, 0.25) is 5.78 Å². The highest BCUT2D eigenvalue weighted by Crippen LogP contribution is 2.15. The Morgan fingerprint density at radius 1 is 1.05 bits per heavy atom. The number of hydrogen-bond donors (Lipinski definition) is 1. The van der Waals surface area contributed by atoms with Crippen molar-refractivity contribution in [2.24, 2.45) is 0 Å². The molecule has 0 unspecified atom stereocenters. The largest absolute Gasteiger partial charge is 0.508 e. The Morgan fingerprint density at radius 2 is 1.68 bits per heavy atom. The molecule has 0 aromatic heterocycles. The minimum atomic E-state index is -0.309. The highest BCUT2D eigenvalue weighted by Gasteiger charge is 2.11. The minimum Gasteiger partial charge on any atom is -0.508 e. The van der Waals surface area contributed by atoms with E-state index in [2.05, 4.69) is 0 Å². The number of allylic oxidation sites excluding steroid dienone is 1. The van der Waals surface area contributed by atoms with Crippen LogP contribution < -0.4 is 0 Å². The molecule has 0 fully saturated rings. The summed E-state index contributed by atoms with van der Waals surface area (Å²) in [6.45, 7) is 0. The van der Waals surface area contributed by atoms with E-state index in [0.717, 1.165) is 0 Å². The van der Waals surface area contributed by atoms with Crippen molar-refractivity contribution < 1.29 is 9.90 Å². The van der Waals surface area contributed by atoms with Crippen molar-refractivity contribution in [3.8, 4) is 11.8 Å². The van der Waals surface area contributed by atoms with E-state index in [1.54, 1.807) is 36.4 Å². The number of phenolic OH excluding ortho intramolecular Hbond substituents is 1. The molecule has 0 aliphatic heterocycles. The predicted molar refractivity (Wildman–Crippen MR) is 72.5 cm³/mol. The quantitative estimate of drug-likeness (QED) is 0.516. The van der Waals surface area contributed by atoms with Gasteiger partial charge in [-0.05, 0) is 23.8 Å². The zero-order chi connectivity index (χ0) is 13.7. The van der Waals surface area contributed by atoms with E-state index >= 15 is 0 Å². The van der Waals surface area contributed by atoms with E-state index in [1.807, 2.05) is 12.1 Å². The fourth-order valence-electron chi connectivity index (χ4n) is 1.63. The van der Waals surface area contributed by atoms with Crippen LogP contribution in [-0.4, -0.2) is 10.9 Å². The average molecular weight is 249 g/mol. The Labute approximate surface area is 111 Å². The normalized spacial score (nSPS) is 10.8. The van der Waals surface area contributed by atoms with Gasteiger partial charge in [-0.15, -0.1) is 0 Å². The van der Waals surface area contributed by atoms with Gasteiger partial charge in [-0.2, -0.15) is 5.26 Å². The number of nitriles is 1. The lowest BCUT2D eigenvalue weighted by molar-refractivity contribution is 0.104. The monoisotopic (exact) mass is 249 g/mol. The molecule has 0 saturated carbocycles. The number of nitrogens with zero attached hydrogens (tertiary/aromatic N) is 1. The van der Waals surface area contributed by atoms with Crippen LogP contribution in [0, 0.1) is 11.3 Å². The van der Waals surface area contributed by atoms with Gasteiger partial charge in [-0.1, -0.05) is 42.5 Å². The number of aromatic hydroxyl groups is 1. The first-order valence-electron chi connectivity index (χ1n) is 5.71. The molecule has 1 N–H and O–H groups in total. The molecule has 0 amide bonds. The Kier molecular flexibility index (Phi) is 3.75. The van der Waals surface area contributed by atoms with Crippen LogP contribution in [0.5, 0.6) is 5.75 Å². The molecule has 2 rings (SSSR count). The zero-order valence-corrected chi connectivity index (χ0v) is 10.1. The fraction of sp³-hybridized carbons (Fsp3) is 0. The number of phenols is 1. The Morgan fingerprint density at radius 3 is 2.26 bits per heavy atom. The van der Waals surface area contributed by atoms with Crippen molar-refractivity contribution >= 4 is 11.9 Å². The lowest BCUT2D eigenvalue weighted by Crippen LogP contribution is -2.01. The van der Waals surface area contributed by atoms with Gasteiger partial charge in [0.05, 0.1) is 0 Å². The SMILES string of the molecule is N#C/C(=C\c1ccc(O)cc1)C(=O)c1ccccc1. The maximum absolute atomic E-state index is 12.1. The molecular formula is C16H11NO2. The number of benzene rings is 2. The fourth-order valence-corrected chi connectivity index (χ4v) is 1.63. The molecule has 0 aliphatic carbocycles. The molecule has 0 bridgehead atoms. The molecule has 19 heavy (non-hydrogen) atoms. The van der Waals surface area contributed by atoms with Crippen LogP contribution in [0.2, 0.25) is 0 Å². The van der Waals surface area contributed by atoms with Gasteiger partial charge in [0.15, 0.2) is 0 Å². The van der Waals surface area contributed by atoms with Gasteiger partial charge in [-0.25, -0.2) is 0 Å². The second kappa shape index (κ2) is 5.65. The minimum absolute atomic E-state index is 0.0666. The van der Waals surface area contributed by atoms with Crippen molar-refractivity contribution in [3.05, 3.63) is 71.3 Å². The molecule has 2 aromatic rings. The van der Waals surface area contributed by atoms with Crippen molar-refractivity contribution in [2.45, 2.75) is 0 Å². The summed E-state index contributed by atoms with van der Waals surface area (Å²) in [5.41, 5.74) is 1.24. The number of carbonyl (C=O) groups excluding carboxylic acids is 1. The summed E-state index contributed by atoms with van der Waals surface area (Å²) < 4.78 is 0. The highest BCUT2D eigenvalue weighted by atomic mass is 16.3. The molecule has 2 aromatic carbocycles. The second-order valence-corrected chi connectivity index (χ2v) is 3.96. The number of Topliss-reactive ketones (excluding diaryl/α,β-unsaturated/α-hetero) is 1. The molecule has 0 aliphatic rings. The summed E-state index contributed by atoms with van der Waals surface area (Å²) in [7, 11) is 0. The van der Waals surface area contributed by atoms with Crippen molar-refractivity contribution in [1.29, 1.82) is 5.26 Å². The van der Waals surface area contributed by atoms with E-state index in [-0.39, 0.29) is 17.1 Å². The van der Waals surface area contributed by atoms with Crippen molar-refractivity contribution in [2.75, 3.05) is 0 Å². The standard InChI is InChI=1S/C16H11NO2/c17-11-14(10-12-6-8-15(18)9-7-12)16(19)13-4-2-1-3-5-13/h1-10,18H/b14-10+. The van der Waals surface area contributed by atoms with Crippen LogP contribution in [-0.2, 0) is 0 Å². The van der Waals surface area contributed by atoms with Gasteiger partial charge in [0, 0.05) is 5.56 Å². The predicted octanol–water partition coefficient (Wildman–Crippen LogP) is 3.18. The summed E-state index contributed by atoms with van der Waals surface area (Å²) in [5.74, 6) is -0.166. The zero-order valence-electron chi connectivity index (χ0n) is 10.1. The number of rotatable bonds is 3. The van der Waals surface area contributed by atoms with E-state index in [1.165, 1.54) is 18.2 Å². The molecule has 3 nitrogen and oxygen atoms in total. The van der Waals surface area contributed by atoms with Gasteiger partial charge < -0.3 is 5.11 Å². The number of hydrogen-bond acceptors (Lipinski definition) is 3. The summed E-state index contributed by atoms with van der Waals surface area (Å²) >= 11 is 0. The topological polar surface area (TPSA) is 61.1 Å². The molecule has 0 heterocycles. The van der Waals surface area contributed by atoms with Crippen molar-refractivity contribution in [3.63, 3.8) is 0 Å². The van der Waals surface area contributed by atoms with E-state index in [4.69, 9.17) is 5.26 Å². The van der Waals surface area contributed by atoms with Crippen LogP contribution in [0.4, 0.5) is 0 Å². The third-order valence-corrected chi connectivity index (χ3v) is 2.61. The van der Waals surface area contributed by atoms with Crippen LogP contribution in [0.15, 0.2) is 60.2 Å². The van der Waals surface area contributed by atoms with Crippen molar-refractivity contribution in [1.82, 2.24) is 0 Å². The number of carbonyl (C=O) groups is 1. The van der Waals surface area contributed by atoms with Crippen LogP contribution >= 0.6 is 0 Å². The molecule has 0 spiro atoms. The van der Waals surface area contributed by atoms with Crippen LogP contribution in [0.1, 0.15) is 15.9 Å². The maximum atomic E-state index is 12.1.